The summed E-state index contributed by atoms with van der Waals surface area (Å²) in [6, 6.07) is 4.08. The third-order valence-electron chi connectivity index (χ3n) is 3.88. The molecule has 2 atom stereocenters. The fourth-order valence-corrected chi connectivity index (χ4v) is 3.54. The second kappa shape index (κ2) is 6.53. The molecule has 6 nitrogen and oxygen atoms in total. The van der Waals surface area contributed by atoms with Crippen LogP contribution in [0.15, 0.2) is 23.7 Å². The predicted molar refractivity (Wildman–Crippen MR) is 81.4 cm³/mol. The Morgan fingerprint density at radius 1 is 1.64 bits per heavy atom. The van der Waals surface area contributed by atoms with Gasteiger partial charge in [0, 0.05) is 37.6 Å². The minimum atomic E-state index is -0.833. The van der Waals surface area contributed by atoms with E-state index in [1.807, 2.05) is 11.4 Å². The fraction of sp³-hybridized carbons (Fsp3) is 0.500. The predicted octanol–water partition coefficient (Wildman–Crippen LogP) is 1.55. The molecule has 1 aliphatic rings. The summed E-state index contributed by atoms with van der Waals surface area (Å²) in [4.78, 5) is 17.1. The van der Waals surface area contributed by atoms with E-state index in [-0.39, 0.29) is 17.6 Å². The zero-order chi connectivity index (χ0) is 15.5. The van der Waals surface area contributed by atoms with E-state index in [2.05, 4.69) is 26.4 Å². The highest BCUT2D eigenvalue weighted by atomic mass is 32.1. The molecule has 1 saturated heterocycles. The maximum absolute atomic E-state index is 13.8. The summed E-state index contributed by atoms with van der Waals surface area (Å²) in [6.45, 7) is 1.64. The largest absolute Gasteiger partial charge is 0.339 e. The highest BCUT2D eigenvalue weighted by molar-refractivity contribution is 7.09. The number of carbonyl (C=O) groups is 1. The number of halogens is 1. The minimum absolute atomic E-state index is 0.0259. The van der Waals surface area contributed by atoms with E-state index < -0.39 is 6.17 Å². The lowest BCUT2D eigenvalue weighted by Gasteiger charge is -2.27. The highest BCUT2D eigenvalue weighted by Gasteiger charge is 2.33. The Bertz CT molecular complexity index is 603. The second-order valence-corrected chi connectivity index (χ2v) is 6.57. The number of hydrogen-bond acceptors (Lipinski definition) is 5. The summed E-state index contributed by atoms with van der Waals surface area (Å²) in [5, 5.41) is 11.9. The van der Waals surface area contributed by atoms with Gasteiger partial charge >= 0.3 is 0 Å². The summed E-state index contributed by atoms with van der Waals surface area (Å²) >= 11 is 1.67. The van der Waals surface area contributed by atoms with E-state index >= 15 is 0 Å². The van der Waals surface area contributed by atoms with Gasteiger partial charge in [-0.1, -0.05) is 6.07 Å². The van der Waals surface area contributed by atoms with E-state index in [1.54, 1.807) is 23.3 Å². The number of aromatic amines is 1. The van der Waals surface area contributed by atoms with Crippen molar-refractivity contribution in [3.63, 3.8) is 0 Å². The number of carbonyl (C=O) groups excluding carboxylic acids is 1. The van der Waals surface area contributed by atoms with Crippen LogP contribution in [0.25, 0.3) is 0 Å². The number of amides is 1. The van der Waals surface area contributed by atoms with Crippen LogP contribution in [0.4, 0.5) is 4.39 Å². The van der Waals surface area contributed by atoms with Crippen molar-refractivity contribution >= 4 is 17.2 Å². The van der Waals surface area contributed by atoms with E-state index in [1.165, 1.54) is 11.1 Å². The molecule has 0 bridgehead atoms. The van der Waals surface area contributed by atoms with Crippen molar-refractivity contribution in [3.8, 4) is 0 Å². The number of likely N-dealkylation sites (tertiary alicyclic amines) is 1. The molecule has 1 N–H and O–H groups in total. The highest BCUT2D eigenvalue weighted by Crippen LogP contribution is 2.25. The van der Waals surface area contributed by atoms with Crippen LogP contribution >= 0.6 is 11.3 Å². The van der Waals surface area contributed by atoms with Crippen LogP contribution in [-0.4, -0.2) is 63.5 Å². The van der Waals surface area contributed by atoms with Crippen molar-refractivity contribution in [1.82, 2.24) is 25.2 Å². The van der Waals surface area contributed by atoms with Crippen LogP contribution < -0.4 is 0 Å². The second-order valence-electron chi connectivity index (χ2n) is 5.54. The summed E-state index contributed by atoms with van der Waals surface area (Å²) in [5.74, 6) is -0.202. The number of hydrogen-bond donors (Lipinski definition) is 1. The Labute approximate surface area is 131 Å². The molecule has 0 radical (unpaired) electrons. The summed E-state index contributed by atoms with van der Waals surface area (Å²) in [6.07, 6.45) is 1.02. The van der Waals surface area contributed by atoms with Crippen LogP contribution in [0.5, 0.6) is 0 Å². The van der Waals surface area contributed by atoms with Gasteiger partial charge in [-0.2, -0.15) is 15.4 Å². The normalized spacial score (nSPS) is 22.1. The van der Waals surface area contributed by atoms with Crippen molar-refractivity contribution in [1.29, 1.82) is 0 Å². The van der Waals surface area contributed by atoms with Gasteiger partial charge in [-0.3, -0.25) is 9.69 Å². The third kappa shape index (κ3) is 3.33. The van der Waals surface area contributed by atoms with Crippen LogP contribution in [-0.2, 0) is 6.54 Å². The van der Waals surface area contributed by atoms with Gasteiger partial charge in [0.1, 0.15) is 6.17 Å². The van der Waals surface area contributed by atoms with Crippen molar-refractivity contribution in [3.05, 3.63) is 34.3 Å². The average Bonchev–Trinajstić information content (AvgIpc) is 3.22. The van der Waals surface area contributed by atoms with E-state index in [0.717, 1.165) is 6.54 Å². The van der Waals surface area contributed by atoms with Gasteiger partial charge in [-0.15, -0.1) is 11.3 Å². The maximum Gasteiger partial charge on any atom is 0.275 e. The maximum atomic E-state index is 13.8. The van der Waals surface area contributed by atoms with Crippen molar-refractivity contribution in [2.75, 3.05) is 20.1 Å². The zero-order valence-corrected chi connectivity index (χ0v) is 13.1. The average molecular weight is 323 g/mol. The Morgan fingerprint density at radius 2 is 2.50 bits per heavy atom. The molecule has 0 spiro atoms. The smallest absolute Gasteiger partial charge is 0.275 e. The third-order valence-corrected chi connectivity index (χ3v) is 4.74. The van der Waals surface area contributed by atoms with Gasteiger partial charge in [0.05, 0.1) is 6.20 Å². The van der Waals surface area contributed by atoms with Crippen molar-refractivity contribution in [2.45, 2.75) is 25.2 Å². The fourth-order valence-electron chi connectivity index (χ4n) is 2.81. The Morgan fingerprint density at radius 3 is 3.18 bits per heavy atom. The van der Waals surface area contributed by atoms with Crippen molar-refractivity contribution in [2.24, 2.45) is 0 Å². The van der Waals surface area contributed by atoms with Crippen LogP contribution in [0.1, 0.15) is 21.8 Å². The SMILES string of the molecule is CN(C[C@@H]1C[C@H](F)CN1Cc1cccs1)C(=O)c1cn[nH]n1. The molecule has 3 rings (SSSR count). The summed E-state index contributed by atoms with van der Waals surface area (Å²) in [5.41, 5.74) is 0.280. The molecule has 118 valence electrons. The number of aromatic nitrogens is 3. The van der Waals surface area contributed by atoms with Crippen LogP contribution in [0.2, 0.25) is 0 Å². The molecule has 0 unspecified atom stereocenters. The summed E-state index contributed by atoms with van der Waals surface area (Å²) in [7, 11) is 1.71. The van der Waals surface area contributed by atoms with Crippen LogP contribution in [0.3, 0.4) is 0 Å². The Kier molecular flexibility index (Phi) is 4.49. The van der Waals surface area contributed by atoms with Gasteiger partial charge in [0.25, 0.3) is 5.91 Å². The molecular formula is C14H18FN5OS. The van der Waals surface area contributed by atoms with Gasteiger partial charge in [0.15, 0.2) is 5.69 Å². The molecule has 1 amide bonds. The zero-order valence-electron chi connectivity index (χ0n) is 12.3. The van der Waals surface area contributed by atoms with Crippen LogP contribution in [0, 0.1) is 0 Å². The number of nitrogens with one attached hydrogen (secondary N) is 1. The van der Waals surface area contributed by atoms with E-state index in [9.17, 15) is 9.18 Å². The molecule has 0 saturated carbocycles. The molecule has 3 heterocycles. The lowest BCUT2D eigenvalue weighted by Crippen LogP contribution is -2.40. The Balaban J connectivity index is 1.63. The Hall–Kier alpha value is -1.80. The number of thiophene rings is 1. The molecule has 22 heavy (non-hydrogen) atoms. The topological polar surface area (TPSA) is 65.1 Å². The van der Waals surface area contributed by atoms with Gasteiger partial charge in [0.2, 0.25) is 0 Å². The first-order valence-corrected chi connectivity index (χ1v) is 8.03. The number of H-pyrrole nitrogens is 1. The molecule has 2 aromatic rings. The summed E-state index contributed by atoms with van der Waals surface area (Å²) < 4.78 is 13.8. The molecule has 0 aliphatic carbocycles. The number of nitrogens with zero attached hydrogens (tertiary/aromatic N) is 4. The first-order chi connectivity index (χ1) is 10.6. The monoisotopic (exact) mass is 323 g/mol. The molecule has 1 aliphatic heterocycles. The first kappa shape index (κ1) is 15.1. The first-order valence-electron chi connectivity index (χ1n) is 7.15. The van der Waals surface area contributed by atoms with Gasteiger partial charge < -0.3 is 4.90 Å². The molecule has 2 aromatic heterocycles. The van der Waals surface area contributed by atoms with E-state index in [0.29, 0.717) is 19.5 Å². The quantitative estimate of drug-likeness (QED) is 0.907. The number of alkyl halides is 1. The molecule has 0 aromatic carbocycles. The van der Waals surface area contributed by atoms with Crippen molar-refractivity contribution < 1.29 is 9.18 Å². The van der Waals surface area contributed by atoms with Gasteiger partial charge in [-0.05, 0) is 17.9 Å². The standard InChI is InChI=1S/C14H18FN5OS/c1-19(14(21)13-6-16-18-17-13)8-11-5-10(15)7-20(11)9-12-3-2-4-22-12/h2-4,6,10-11H,5,7-9H2,1H3,(H,16,17,18)/t10-,11-/m0/s1. The minimum Gasteiger partial charge on any atom is -0.339 e. The molecule has 8 heteroatoms. The lowest BCUT2D eigenvalue weighted by molar-refractivity contribution is 0.0744. The number of likely N-dealkylation sites (N-methyl/N-ethyl adjacent to an activating group) is 1. The number of rotatable bonds is 5. The lowest BCUT2D eigenvalue weighted by atomic mass is 10.2. The molecule has 1 fully saturated rings. The molecular weight excluding hydrogens is 305 g/mol. The van der Waals surface area contributed by atoms with E-state index in [4.69, 9.17) is 0 Å². The van der Waals surface area contributed by atoms with Gasteiger partial charge in [-0.25, -0.2) is 4.39 Å².